The number of hydrogen-bond donors (Lipinski definition) is 1. The van der Waals surface area contributed by atoms with Crippen LogP contribution in [0, 0.1) is 0 Å². The van der Waals surface area contributed by atoms with Crippen LogP contribution in [0.5, 0.6) is 0 Å². The maximum Gasteiger partial charge on any atom is 0.0932 e. The molecule has 3 rings (SSSR count). The van der Waals surface area contributed by atoms with Crippen molar-refractivity contribution in [1.29, 1.82) is 0 Å². The van der Waals surface area contributed by atoms with Crippen LogP contribution in [0.2, 0.25) is 0 Å². The van der Waals surface area contributed by atoms with Gasteiger partial charge in [-0.15, -0.1) is 0 Å². The molecule has 0 saturated carbocycles. The summed E-state index contributed by atoms with van der Waals surface area (Å²) in [5.41, 5.74) is 0. The van der Waals surface area contributed by atoms with Gasteiger partial charge in [0.15, 0.2) is 0 Å². The lowest BCUT2D eigenvalue weighted by Gasteiger charge is -2.27. The molecule has 0 aromatic heterocycles. The van der Waals surface area contributed by atoms with Gasteiger partial charge in [0.05, 0.1) is 59.0 Å². The molecule has 3 aliphatic rings. The maximum atomic E-state index is 5.67. The summed E-state index contributed by atoms with van der Waals surface area (Å²) in [5.74, 6) is 0. The Hall–Kier alpha value is -0.320. The molecule has 0 amide bonds. The summed E-state index contributed by atoms with van der Waals surface area (Å²) in [4.78, 5) is 4.80. The number of nitrogens with zero attached hydrogens (tertiary/aromatic N) is 2. The van der Waals surface area contributed by atoms with E-state index in [1.54, 1.807) is 7.11 Å². The topological polar surface area (TPSA) is 64.7 Å². The lowest BCUT2D eigenvalue weighted by molar-refractivity contribution is -0.0188. The van der Waals surface area contributed by atoms with Gasteiger partial charge in [0.2, 0.25) is 0 Å². The van der Waals surface area contributed by atoms with Crippen molar-refractivity contribution in [2.24, 2.45) is 0 Å². The molecule has 1 N–H and O–H groups in total. The average molecular weight is 376 g/mol. The number of morpholine rings is 3. The van der Waals surface area contributed by atoms with Crippen molar-refractivity contribution in [2.45, 2.75) is 6.10 Å². The second-order valence-electron chi connectivity index (χ2n) is 6.67. The van der Waals surface area contributed by atoms with E-state index >= 15 is 0 Å². The van der Waals surface area contributed by atoms with Crippen LogP contribution in [0.1, 0.15) is 0 Å². The summed E-state index contributed by atoms with van der Waals surface area (Å²) in [6, 6.07) is 0. The van der Waals surface area contributed by atoms with Gasteiger partial charge in [-0.05, 0) is 0 Å². The van der Waals surface area contributed by atoms with Gasteiger partial charge < -0.3 is 29.0 Å². The van der Waals surface area contributed by atoms with E-state index in [1.165, 1.54) is 0 Å². The minimum absolute atomic E-state index is 0.267. The summed E-state index contributed by atoms with van der Waals surface area (Å²) >= 11 is 0. The van der Waals surface area contributed by atoms with E-state index in [0.717, 1.165) is 98.6 Å². The maximum absolute atomic E-state index is 5.67. The van der Waals surface area contributed by atoms with Gasteiger partial charge >= 0.3 is 0 Å². The quantitative estimate of drug-likeness (QED) is 0.558. The van der Waals surface area contributed by atoms with Gasteiger partial charge in [-0.3, -0.25) is 9.80 Å². The smallest absolute Gasteiger partial charge is 0.0932 e. The van der Waals surface area contributed by atoms with Crippen LogP contribution in [-0.4, -0.2) is 128 Å². The molecule has 0 aliphatic carbocycles. The van der Waals surface area contributed by atoms with E-state index in [1.807, 2.05) is 0 Å². The van der Waals surface area contributed by atoms with Crippen molar-refractivity contribution < 1.29 is 23.7 Å². The fourth-order valence-electron chi connectivity index (χ4n) is 3.05. The molecule has 1 unspecified atom stereocenters. The van der Waals surface area contributed by atoms with Crippen LogP contribution in [0.15, 0.2) is 0 Å². The predicted octanol–water partition coefficient (Wildman–Crippen LogP) is -0.711. The summed E-state index contributed by atoms with van der Waals surface area (Å²) in [5, 5.41) is 3.21. The molecule has 0 bridgehead atoms. The zero-order chi connectivity index (χ0) is 18.3. The molecule has 3 saturated heterocycles. The number of ether oxygens (including phenoxy) is 5. The van der Waals surface area contributed by atoms with Crippen molar-refractivity contribution in [3.05, 3.63) is 0 Å². The van der Waals surface area contributed by atoms with Crippen molar-refractivity contribution in [3.8, 4) is 0 Å². The van der Waals surface area contributed by atoms with Gasteiger partial charge in [-0.25, -0.2) is 0 Å². The zero-order valence-corrected chi connectivity index (χ0v) is 16.3. The van der Waals surface area contributed by atoms with Crippen LogP contribution < -0.4 is 5.32 Å². The van der Waals surface area contributed by atoms with Crippen LogP contribution in [0.4, 0.5) is 0 Å². The first kappa shape index (κ1) is 22.0. The second-order valence-corrected chi connectivity index (χ2v) is 6.67. The Morgan fingerprint density at radius 2 is 1.46 bits per heavy atom. The van der Waals surface area contributed by atoms with Crippen molar-refractivity contribution in [2.75, 3.05) is 112 Å². The summed E-state index contributed by atoms with van der Waals surface area (Å²) in [6.45, 7) is 14.8. The van der Waals surface area contributed by atoms with Gasteiger partial charge in [0.25, 0.3) is 0 Å². The molecule has 0 aromatic carbocycles. The fourth-order valence-corrected chi connectivity index (χ4v) is 3.05. The lowest BCUT2D eigenvalue weighted by atomic mass is 10.3. The Morgan fingerprint density at radius 3 is 1.92 bits per heavy atom. The highest BCUT2D eigenvalue weighted by atomic mass is 16.5. The molecule has 0 spiro atoms. The summed E-state index contributed by atoms with van der Waals surface area (Å²) < 4.78 is 26.5. The van der Waals surface area contributed by atoms with Gasteiger partial charge in [-0.1, -0.05) is 0 Å². The van der Waals surface area contributed by atoms with Gasteiger partial charge in [-0.2, -0.15) is 0 Å². The normalized spacial score (nSPS) is 25.5. The molecule has 26 heavy (non-hydrogen) atoms. The SMILES string of the molecule is C1CN(CCOCCN2CCOCC2)CCO1.COCC1CNCCO1. The summed E-state index contributed by atoms with van der Waals surface area (Å²) in [7, 11) is 1.69. The second kappa shape index (κ2) is 14.7. The third-order valence-corrected chi connectivity index (χ3v) is 4.67. The molecule has 0 radical (unpaired) electrons. The molecule has 3 heterocycles. The Balaban J connectivity index is 0.000000228. The highest BCUT2D eigenvalue weighted by Gasteiger charge is 2.12. The Labute approximate surface area is 158 Å². The van der Waals surface area contributed by atoms with Crippen LogP contribution in [-0.2, 0) is 23.7 Å². The first-order valence-electron chi connectivity index (χ1n) is 9.87. The molecule has 1 atom stereocenters. The largest absolute Gasteiger partial charge is 0.382 e. The number of rotatable bonds is 8. The molecule has 3 aliphatic heterocycles. The monoisotopic (exact) mass is 375 g/mol. The van der Waals surface area contributed by atoms with Crippen molar-refractivity contribution >= 4 is 0 Å². The predicted molar refractivity (Wildman–Crippen MR) is 99.8 cm³/mol. The van der Waals surface area contributed by atoms with E-state index in [2.05, 4.69) is 15.1 Å². The first-order valence-corrected chi connectivity index (χ1v) is 9.87. The fraction of sp³-hybridized carbons (Fsp3) is 1.00. The number of nitrogens with one attached hydrogen (secondary N) is 1. The molecular weight excluding hydrogens is 338 g/mol. The minimum Gasteiger partial charge on any atom is -0.382 e. The zero-order valence-electron chi connectivity index (χ0n) is 16.3. The molecule has 8 nitrogen and oxygen atoms in total. The van der Waals surface area contributed by atoms with E-state index in [9.17, 15) is 0 Å². The third kappa shape index (κ3) is 10.1. The summed E-state index contributed by atoms with van der Waals surface area (Å²) in [6.07, 6.45) is 0.267. The third-order valence-electron chi connectivity index (χ3n) is 4.67. The Morgan fingerprint density at radius 1 is 0.885 bits per heavy atom. The molecule has 3 fully saturated rings. The molecular formula is C18H37N3O5. The Bertz CT molecular complexity index is 297. The Kier molecular flexibility index (Phi) is 12.4. The standard InChI is InChI=1S/C12H24N2O3.C6H13NO2/c1-7-15-8-2-13(1)5-11-17-12-6-14-3-9-16-10-4-14;1-8-5-6-4-7-2-3-9-6/h1-12H2;6-7H,2-5H2,1H3. The number of hydrogen-bond acceptors (Lipinski definition) is 8. The molecule has 8 heteroatoms. The molecule has 0 aromatic rings. The van der Waals surface area contributed by atoms with Crippen LogP contribution in [0.25, 0.3) is 0 Å². The highest BCUT2D eigenvalue weighted by molar-refractivity contribution is 4.65. The van der Waals surface area contributed by atoms with E-state index in [4.69, 9.17) is 23.7 Å². The lowest BCUT2D eigenvalue weighted by Crippen LogP contribution is -2.40. The highest BCUT2D eigenvalue weighted by Crippen LogP contribution is 1.98. The average Bonchev–Trinajstić information content (AvgIpc) is 2.71. The van der Waals surface area contributed by atoms with E-state index in [0.29, 0.717) is 6.61 Å². The van der Waals surface area contributed by atoms with Gasteiger partial charge in [0.1, 0.15) is 0 Å². The first-order chi connectivity index (χ1) is 12.9. The molecule has 154 valence electrons. The van der Waals surface area contributed by atoms with Crippen molar-refractivity contribution in [3.63, 3.8) is 0 Å². The van der Waals surface area contributed by atoms with Crippen molar-refractivity contribution in [1.82, 2.24) is 15.1 Å². The number of methoxy groups -OCH3 is 1. The van der Waals surface area contributed by atoms with E-state index in [-0.39, 0.29) is 6.10 Å². The van der Waals surface area contributed by atoms with Crippen LogP contribution in [0.3, 0.4) is 0 Å². The van der Waals surface area contributed by atoms with E-state index < -0.39 is 0 Å². The van der Waals surface area contributed by atoms with Crippen LogP contribution >= 0.6 is 0 Å². The minimum atomic E-state index is 0.267. The van der Waals surface area contributed by atoms with Gasteiger partial charge in [0, 0.05) is 59.5 Å².